The normalized spacial score (nSPS) is 32.8. The van der Waals surface area contributed by atoms with E-state index in [1.165, 1.54) is 12.2 Å². The van der Waals surface area contributed by atoms with Crippen molar-refractivity contribution in [2.45, 2.75) is 25.7 Å². The van der Waals surface area contributed by atoms with E-state index >= 15 is 0 Å². The van der Waals surface area contributed by atoms with E-state index in [0.717, 1.165) is 0 Å². The Morgan fingerprint density at radius 1 is 1.80 bits per heavy atom. The van der Waals surface area contributed by atoms with Crippen molar-refractivity contribution in [3.63, 3.8) is 0 Å². The molecule has 1 rings (SSSR count). The Bertz CT molecular complexity index is 162. The largest absolute Gasteiger partial charge is 0.365 e. The third-order valence-electron chi connectivity index (χ3n) is 1.42. The average molecular weight is 142 g/mol. The second-order valence-corrected chi connectivity index (χ2v) is 2.19. The first kappa shape index (κ1) is 7.44. The molecule has 1 N–H and O–H groups in total. The van der Waals surface area contributed by atoms with Crippen molar-refractivity contribution in [2.24, 2.45) is 0 Å². The summed E-state index contributed by atoms with van der Waals surface area (Å²) in [4.78, 5) is 10.8. The SMILES string of the molecule is CC[C@@H]1O[C@@H](O)C=CC1=O. The lowest BCUT2D eigenvalue weighted by atomic mass is 10.1. The number of hydrogen-bond acceptors (Lipinski definition) is 3. The third kappa shape index (κ3) is 1.43. The van der Waals surface area contributed by atoms with Gasteiger partial charge in [0.05, 0.1) is 0 Å². The fourth-order valence-electron chi connectivity index (χ4n) is 0.863. The highest BCUT2D eigenvalue weighted by molar-refractivity contribution is 5.94. The highest BCUT2D eigenvalue weighted by atomic mass is 16.6. The minimum absolute atomic E-state index is 0.0622. The van der Waals surface area contributed by atoms with Crippen LogP contribution in [0.1, 0.15) is 13.3 Å². The summed E-state index contributed by atoms with van der Waals surface area (Å²) in [5.74, 6) is -0.0622. The minimum atomic E-state index is -0.900. The van der Waals surface area contributed by atoms with Crippen LogP contribution in [0.3, 0.4) is 0 Å². The van der Waals surface area contributed by atoms with Gasteiger partial charge >= 0.3 is 0 Å². The molecule has 1 aliphatic heterocycles. The quantitative estimate of drug-likeness (QED) is 0.570. The first-order valence-electron chi connectivity index (χ1n) is 3.29. The number of ether oxygens (including phenoxy) is 1. The van der Waals surface area contributed by atoms with E-state index in [1.54, 1.807) is 0 Å². The number of rotatable bonds is 1. The maximum absolute atomic E-state index is 10.8. The molecule has 1 aliphatic rings. The number of carbonyl (C=O) groups excluding carboxylic acids is 1. The van der Waals surface area contributed by atoms with Crippen LogP contribution in [0.15, 0.2) is 12.2 Å². The molecule has 10 heavy (non-hydrogen) atoms. The molecule has 56 valence electrons. The Kier molecular flexibility index (Phi) is 2.19. The Balaban J connectivity index is 2.62. The van der Waals surface area contributed by atoms with E-state index in [-0.39, 0.29) is 5.78 Å². The van der Waals surface area contributed by atoms with Gasteiger partial charge in [-0.15, -0.1) is 0 Å². The van der Waals surface area contributed by atoms with Crippen molar-refractivity contribution in [2.75, 3.05) is 0 Å². The van der Waals surface area contributed by atoms with Crippen LogP contribution >= 0.6 is 0 Å². The number of carbonyl (C=O) groups is 1. The van der Waals surface area contributed by atoms with Gasteiger partial charge in [0.25, 0.3) is 0 Å². The molecule has 0 unspecified atom stereocenters. The number of ketones is 1. The van der Waals surface area contributed by atoms with Gasteiger partial charge in [-0.2, -0.15) is 0 Å². The summed E-state index contributed by atoms with van der Waals surface area (Å²) in [6.07, 6.45) is 1.97. The molecule has 2 atom stereocenters. The van der Waals surface area contributed by atoms with Crippen molar-refractivity contribution in [3.05, 3.63) is 12.2 Å². The fourth-order valence-corrected chi connectivity index (χ4v) is 0.863. The van der Waals surface area contributed by atoms with Gasteiger partial charge < -0.3 is 9.84 Å². The summed E-state index contributed by atoms with van der Waals surface area (Å²) in [6, 6.07) is 0. The molecular formula is C7H10O3. The molecule has 0 radical (unpaired) electrons. The zero-order valence-corrected chi connectivity index (χ0v) is 5.78. The van der Waals surface area contributed by atoms with Crippen LogP contribution in [0, 0.1) is 0 Å². The molecule has 3 nitrogen and oxygen atoms in total. The van der Waals surface area contributed by atoms with Crippen molar-refractivity contribution in [1.82, 2.24) is 0 Å². The monoisotopic (exact) mass is 142 g/mol. The molecule has 3 heteroatoms. The topological polar surface area (TPSA) is 46.5 Å². The average Bonchev–Trinajstić information content (AvgIpc) is 1.94. The Hall–Kier alpha value is -0.670. The van der Waals surface area contributed by atoms with E-state index in [4.69, 9.17) is 9.84 Å². The maximum Gasteiger partial charge on any atom is 0.184 e. The van der Waals surface area contributed by atoms with Gasteiger partial charge in [-0.25, -0.2) is 0 Å². The van der Waals surface area contributed by atoms with Crippen molar-refractivity contribution >= 4 is 5.78 Å². The molecule has 0 bridgehead atoms. The van der Waals surface area contributed by atoms with Gasteiger partial charge in [0.2, 0.25) is 0 Å². The molecule has 0 aromatic rings. The van der Waals surface area contributed by atoms with Crippen LogP contribution < -0.4 is 0 Å². The summed E-state index contributed by atoms with van der Waals surface area (Å²) in [5.41, 5.74) is 0. The van der Waals surface area contributed by atoms with Gasteiger partial charge in [0.1, 0.15) is 6.10 Å². The van der Waals surface area contributed by atoms with Crippen LogP contribution in [0.4, 0.5) is 0 Å². The molecule has 1 heterocycles. The fraction of sp³-hybridized carbons (Fsp3) is 0.571. The van der Waals surface area contributed by atoms with Gasteiger partial charge in [-0.05, 0) is 18.6 Å². The molecule has 0 aromatic carbocycles. The Labute approximate surface area is 59.3 Å². The lowest BCUT2D eigenvalue weighted by Crippen LogP contribution is -2.30. The third-order valence-corrected chi connectivity index (χ3v) is 1.42. The molecule has 0 saturated heterocycles. The van der Waals surface area contributed by atoms with Crippen molar-refractivity contribution < 1.29 is 14.6 Å². The second kappa shape index (κ2) is 2.94. The zero-order chi connectivity index (χ0) is 7.56. The molecule has 0 spiro atoms. The summed E-state index contributed by atoms with van der Waals surface area (Å²) < 4.78 is 4.87. The minimum Gasteiger partial charge on any atom is -0.365 e. The molecule has 0 aliphatic carbocycles. The van der Waals surface area contributed by atoms with E-state index in [1.807, 2.05) is 6.92 Å². The second-order valence-electron chi connectivity index (χ2n) is 2.19. The van der Waals surface area contributed by atoms with Gasteiger partial charge in [-0.1, -0.05) is 6.92 Å². The van der Waals surface area contributed by atoms with Gasteiger partial charge in [0.15, 0.2) is 12.1 Å². The first-order valence-corrected chi connectivity index (χ1v) is 3.29. The standard InChI is InChI=1S/C7H10O3/c1-2-6-5(8)3-4-7(9)10-6/h3-4,6-7,9H,2H2,1H3/t6-,7+/m0/s1. The van der Waals surface area contributed by atoms with Crippen molar-refractivity contribution in [1.29, 1.82) is 0 Å². The summed E-state index contributed by atoms with van der Waals surface area (Å²) in [7, 11) is 0. The van der Waals surface area contributed by atoms with Gasteiger partial charge in [0, 0.05) is 0 Å². The summed E-state index contributed by atoms with van der Waals surface area (Å²) in [5, 5.41) is 8.87. The van der Waals surface area contributed by atoms with Crippen LogP contribution in [-0.2, 0) is 9.53 Å². The first-order chi connectivity index (χ1) is 4.74. The van der Waals surface area contributed by atoms with Gasteiger partial charge in [-0.3, -0.25) is 4.79 Å². The molecule has 0 fully saturated rings. The lowest BCUT2D eigenvalue weighted by molar-refractivity contribution is -0.148. The Morgan fingerprint density at radius 3 is 3.00 bits per heavy atom. The van der Waals surface area contributed by atoms with Crippen LogP contribution in [0.5, 0.6) is 0 Å². The highest BCUT2D eigenvalue weighted by Gasteiger charge is 2.21. The molecule has 0 saturated carbocycles. The summed E-state index contributed by atoms with van der Waals surface area (Å²) >= 11 is 0. The number of hydrogen-bond donors (Lipinski definition) is 1. The van der Waals surface area contributed by atoms with Crippen LogP contribution in [0.25, 0.3) is 0 Å². The Morgan fingerprint density at radius 2 is 2.50 bits per heavy atom. The number of aliphatic hydroxyl groups excluding tert-OH is 1. The van der Waals surface area contributed by atoms with Crippen LogP contribution in [-0.4, -0.2) is 23.3 Å². The smallest absolute Gasteiger partial charge is 0.184 e. The van der Waals surface area contributed by atoms with E-state index in [2.05, 4.69) is 0 Å². The maximum atomic E-state index is 10.8. The summed E-state index contributed by atoms with van der Waals surface area (Å²) in [6.45, 7) is 1.84. The highest BCUT2D eigenvalue weighted by Crippen LogP contribution is 2.09. The predicted octanol–water partition coefficient (Wildman–Crippen LogP) is 0.239. The van der Waals surface area contributed by atoms with E-state index in [9.17, 15) is 4.79 Å². The predicted molar refractivity (Wildman–Crippen MR) is 35.3 cm³/mol. The molecule has 0 amide bonds. The molecular weight excluding hydrogens is 132 g/mol. The lowest BCUT2D eigenvalue weighted by Gasteiger charge is -2.19. The van der Waals surface area contributed by atoms with E-state index < -0.39 is 12.4 Å². The van der Waals surface area contributed by atoms with E-state index in [0.29, 0.717) is 6.42 Å². The zero-order valence-electron chi connectivity index (χ0n) is 5.78. The molecule has 0 aromatic heterocycles. The van der Waals surface area contributed by atoms with Crippen molar-refractivity contribution in [3.8, 4) is 0 Å². The van der Waals surface area contributed by atoms with Crippen LogP contribution in [0.2, 0.25) is 0 Å². The number of aliphatic hydroxyl groups is 1.